The summed E-state index contributed by atoms with van der Waals surface area (Å²) in [5.41, 5.74) is 0. The average Bonchev–Trinajstić information content (AvgIpc) is 1.92. The van der Waals surface area contributed by atoms with Crippen LogP contribution >= 0.6 is 0 Å². The van der Waals surface area contributed by atoms with Crippen LogP contribution in [0.25, 0.3) is 16.0 Å². The van der Waals surface area contributed by atoms with Gasteiger partial charge in [-0.25, -0.2) is 0 Å². The van der Waals surface area contributed by atoms with Gasteiger partial charge in [0.25, 0.3) is 0 Å². The van der Waals surface area contributed by atoms with Crippen LogP contribution < -0.4 is 0 Å². The van der Waals surface area contributed by atoms with E-state index in [1.165, 1.54) is 0 Å². The molecule has 0 amide bonds. The monoisotopic (exact) mass is 223 g/mol. The number of hydrogen-bond acceptors (Lipinski definition) is 0. The summed E-state index contributed by atoms with van der Waals surface area (Å²) in [7, 11) is 10.5. The maximum Gasteiger partial charge on any atom is 4.00 e. The molecular weight excluding hydrogens is 198 g/mol. The quantitative estimate of drug-likeness (QED) is 0.447. The third kappa shape index (κ3) is 4000. The molecule has 0 bridgehead atoms. The Hall–Kier alpha value is 0.594. The second kappa shape index (κ2) is 80.2. The number of nitrogens with zero attached hydrogens (tertiary/aromatic N) is 3. The van der Waals surface area contributed by atoms with Crippen LogP contribution in [-0.4, -0.2) is 42.3 Å². The SMILES string of the molecule is C[CH-]C.C[N-]C.C[N-]C.C[N-]C.[Ti+4]. The molecule has 0 heterocycles. The van der Waals surface area contributed by atoms with Crippen molar-refractivity contribution in [2.45, 2.75) is 13.8 Å². The van der Waals surface area contributed by atoms with Crippen LogP contribution in [0.2, 0.25) is 0 Å². The molecule has 0 aromatic carbocycles. The third-order valence-electron chi connectivity index (χ3n) is 0. The van der Waals surface area contributed by atoms with Crippen molar-refractivity contribution in [3.8, 4) is 0 Å². The summed E-state index contributed by atoms with van der Waals surface area (Å²) < 4.78 is 0. The van der Waals surface area contributed by atoms with E-state index in [0.717, 1.165) is 0 Å². The van der Waals surface area contributed by atoms with Gasteiger partial charge in [0.15, 0.2) is 0 Å². The van der Waals surface area contributed by atoms with Gasteiger partial charge in [-0.15, -0.1) is 0 Å². The predicted molar refractivity (Wildman–Crippen MR) is 61.3 cm³/mol. The third-order valence-corrected chi connectivity index (χ3v) is 0. The molecule has 0 aromatic heterocycles. The van der Waals surface area contributed by atoms with Crippen molar-refractivity contribution >= 4 is 0 Å². The van der Waals surface area contributed by atoms with Crippen molar-refractivity contribution in [3.05, 3.63) is 22.4 Å². The molecule has 0 spiro atoms. The molecule has 0 saturated heterocycles. The molecule has 0 saturated carbocycles. The average molecular weight is 223 g/mol. The van der Waals surface area contributed by atoms with E-state index in [2.05, 4.69) is 16.0 Å². The molecule has 0 atom stereocenters. The normalized spacial score (nSPS) is 5.54. The fourth-order valence-electron chi connectivity index (χ4n) is 0. The Morgan fingerprint density at radius 1 is 0.615 bits per heavy atom. The van der Waals surface area contributed by atoms with Gasteiger partial charge in [0, 0.05) is 0 Å². The molecule has 0 aliphatic carbocycles. The Bertz CT molecular complexity index is 22.8. The molecule has 0 aliphatic heterocycles. The first kappa shape index (κ1) is 29.2. The summed E-state index contributed by atoms with van der Waals surface area (Å²) in [6.07, 6.45) is 2.00. The molecule has 0 aromatic rings. The van der Waals surface area contributed by atoms with Gasteiger partial charge < -0.3 is 22.4 Å². The Morgan fingerprint density at radius 3 is 0.615 bits per heavy atom. The standard InChI is InChI=1S/C3H7.3C2H6N.Ti/c4*1-3-2;/h3H,1-2H3;3*1-2H3;/q4*-1;+4. The molecule has 0 N–H and O–H groups in total. The summed E-state index contributed by atoms with van der Waals surface area (Å²) in [6.45, 7) is 4.00. The minimum Gasteiger partial charge on any atom is -0.668 e. The summed E-state index contributed by atoms with van der Waals surface area (Å²) >= 11 is 0. The van der Waals surface area contributed by atoms with Gasteiger partial charge in [-0.3, -0.25) is 0 Å². The minimum absolute atomic E-state index is 0. The molecule has 4 heteroatoms. The van der Waals surface area contributed by atoms with Crippen molar-refractivity contribution in [1.82, 2.24) is 0 Å². The van der Waals surface area contributed by atoms with Gasteiger partial charge in [-0.05, 0) is 0 Å². The van der Waals surface area contributed by atoms with Crippen LogP contribution in [0.4, 0.5) is 0 Å². The molecule has 13 heavy (non-hydrogen) atoms. The van der Waals surface area contributed by atoms with Crippen molar-refractivity contribution in [2.75, 3.05) is 42.3 Å². The van der Waals surface area contributed by atoms with Crippen LogP contribution in [0.15, 0.2) is 0 Å². The molecule has 0 unspecified atom stereocenters. The first-order chi connectivity index (χ1) is 5.66. The smallest absolute Gasteiger partial charge is 0.668 e. The van der Waals surface area contributed by atoms with E-state index in [0.29, 0.717) is 0 Å². The summed E-state index contributed by atoms with van der Waals surface area (Å²) in [5.74, 6) is 0. The summed E-state index contributed by atoms with van der Waals surface area (Å²) in [4.78, 5) is 0. The maximum absolute atomic E-state index is 3.50. The van der Waals surface area contributed by atoms with Gasteiger partial charge in [0.1, 0.15) is 0 Å². The Kier molecular flexibility index (Phi) is 180. The van der Waals surface area contributed by atoms with E-state index in [9.17, 15) is 0 Å². The van der Waals surface area contributed by atoms with Crippen LogP contribution in [0.3, 0.4) is 0 Å². The zero-order valence-electron chi connectivity index (χ0n) is 10.4. The van der Waals surface area contributed by atoms with Crippen molar-refractivity contribution in [2.24, 2.45) is 0 Å². The van der Waals surface area contributed by atoms with E-state index in [1.54, 1.807) is 42.3 Å². The van der Waals surface area contributed by atoms with Crippen molar-refractivity contribution < 1.29 is 21.7 Å². The molecule has 80 valence electrons. The fourth-order valence-corrected chi connectivity index (χ4v) is 0. The molecule has 0 rings (SSSR count). The molecular formula is C9H25N3Ti. The van der Waals surface area contributed by atoms with E-state index < -0.39 is 0 Å². The predicted octanol–water partition coefficient (Wildman–Crippen LogP) is 3.09. The molecule has 0 aliphatic rings. The van der Waals surface area contributed by atoms with Gasteiger partial charge in [-0.1, -0.05) is 0 Å². The first-order valence-electron chi connectivity index (χ1n) is 3.84. The van der Waals surface area contributed by atoms with Crippen LogP contribution in [0, 0.1) is 6.42 Å². The van der Waals surface area contributed by atoms with Gasteiger partial charge in [0.05, 0.1) is 0 Å². The zero-order chi connectivity index (χ0) is 10.8. The molecule has 3 nitrogen and oxygen atoms in total. The van der Waals surface area contributed by atoms with Crippen LogP contribution in [0.1, 0.15) is 13.8 Å². The topological polar surface area (TPSA) is 42.3 Å². The Morgan fingerprint density at radius 2 is 0.615 bits per heavy atom. The largest absolute Gasteiger partial charge is 4.00 e. The second-order valence-corrected chi connectivity index (χ2v) is 1.92. The number of rotatable bonds is 0. The Labute approximate surface area is 100 Å². The van der Waals surface area contributed by atoms with Gasteiger partial charge >= 0.3 is 21.7 Å². The van der Waals surface area contributed by atoms with E-state index in [4.69, 9.17) is 0 Å². The first-order valence-corrected chi connectivity index (χ1v) is 3.84. The van der Waals surface area contributed by atoms with Crippen molar-refractivity contribution in [1.29, 1.82) is 0 Å². The van der Waals surface area contributed by atoms with Crippen LogP contribution in [-0.2, 0) is 21.7 Å². The van der Waals surface area contributed by atoms with Crippen molar-refractivity contribution in [3.63, 3.8) is 0 Å². The van der Waals surface area contributed by atoms with Crippen LogP contribution in [0.5, 0.6) is 0 Å². The summed E-state index contributed by atoms with van der Waals surface area (Å²) in [6, 6.07) is 0. The molecule has 0 fully saturated rings. The second-order valence-electron chi connectivity index (χ2n) is 1.92. The van der Waals surface area contributed by atoms with E-state index >= 15 is 0 Å². The minimum atomic E-state index is 0. The number of hydrogen-bond donors (Lipinski definition) is 0. The zero-order valence-corrected chi connectivity index (χ0v) is 12.0. The summed E-state index contributed by atoms with van der Waals surface area (Å²) in [5, 5.41) is 10.5. The Balaban J connectivity index is -0.0000000213. The maximum atomic E-state index is 3.50. The van der Waals surface area contributed by atoms with Gasteiger partial charge in [-0.2, -0.15) is 56.1 Å². The van der Waals surface area contributed by atoms with Gasteiger partial charge in [0.2, 0.25) is 0 Å². The van der Waals surface area contributed by atoms with E-state index in [-0.39, 0.29) is 21.7 Å². The molecule has 0 radical (unpaired) electrons. The van der Waals surface area contributed by atoms with E-state index in [1.807, 2.05) is 20.3 Å². The fraction of sp³-hybridized carbons (Fsp3) is 0.889.